The summed E-state index contributed by atoms with van der Waals surface area (Å²) >= 11 is 3.23. The Morgan fingerprint density at radius 2 is 0.706 bits per heavy atom. The van der Waals surface area contributed by atoms with Gasteiger partial charge in [0.1, 0.15) is 0 Å². The van der Waals surface area contributed by atoms with Crippen molar-refractivity contribution < 1.29 is 0 Å². The molecule has 2 heterocycles. The van der Waals surface area contributed by atoms with Gasteiger partial charge in [-0.05, 0) is 66.9 Å². The van der Waals surface area contributed by atoms with Crippen molar-refractivity contribution in [3.8, 4) is 0 Å². The van der Waals surface area contributed by atoms with E-state index in [2.05, 4.69) is 120 Å². The summed E-state index contributed by atoms with van der Waals surface area (Å²) in [5.74, 6) is 4.43. The van der Waals surface area contributed by atoms with Crippen LogP contribution in [-0.2, 0) is 0 Å². The molecule has 4 N–H and O–H groups in total. The van der Waals surface area contributed by atoms with Gasteiger partial charge >= 0.3 is 0 Å². The maximum absolute atomic E-state index is 4.36. The Kier molecular flexibility index (Phi) is 13.9. The number of thioether (sulfide) groups is 2. The van der Waals surface area contributed by atoms with Gasteiger partial charge in [0.2, 0.25) is 23.8 Å². The van der Waals surface area contributed by atoms with Crippen molar-refractivity contribution in [2.45, 2.75) is 104 Å². The molecule has 0 amide bonds. The zero-order valence-corrected chi connectivity index (χ0v) is 23.9. The van der Waals surface area contributed by atoms with E-state index in [1.807, 2.05) is 0 Å². The molecule has 2 aromatic rings. The minimum Gasteiger partial charge on any atom is -0.352 e. The van der Waals surface area contributed by atoms with Crippen molar-refractivity contribution >= 4 is 47.3 Å². The second kappa shape index (κ2) is 15.8. The van der Waals surface area contributed by atoms with E-state index in [-0.39, 0.29) is 0 Å². The summed E-state index contributed by atoms with van der Waals surface area (Å²) in [6.07, 6.45) is 0. The fourth-order valence-electron chi connectivity index (χ4n) is 2.39. The van der Waals surface area contributed by atoms with Crippen LogP contribution in [0, 0.1) is 0 Å². The van der Waals surface area contributed by atoms with Crippen LogP contribution in [0.5, 0.6) is 0 Å². The second-order valence-electron chi connectivity index (χ2n) is 8.59. The van der Waals surface area contributed by atoms with Crippen molar-refractivity contribution in [3.63, 3.8) is 0 Å². The highest BCUT2D eigenvalue weighted by Gasteiger charge is 2.09. The number of anilines is 4. The van der Waals surface area contributed by atoms with E-state index in [0.717, 1.165) is 21.8 Å². The van der Waals surface area contributed by atoms with E-state index >= 15 is 0 Å². The van der Waals surface area contributed by atoms with Crippen LogP contribution < -0.4 is 21.3 Å². The van der Waals surface area contributed by atoms with Gasteiger partial charge < -0.3 is 21.3 Å². The van der Waals surface area contributed by atoms with Gasteiger partial charge in [-0.15, -0.1) is 0 Å². The molecule has 2 aromatic heterocycles. The lowest BCUT2D eigenvalue weighted by molar-refractivity contribution is 0.812. The number of aromatic nitrogens is 6. The van der Waals surface area contributed by atoms with Gasteiger partial charge in [-0.3, -0.25) is 0 Å². The Morgan fingerprint density at radius 1 is 0.471 bits per heavy atom. The number of rotatable bonds is 12. The Bertz CT molecular complexity index is 720. The van der Waals surface area contributed by atoms with Crippen LogP contribution >= 0.6 is 23.5 Å². The summed E-state index contributed by atoms with van der Waals surface area (Å²) in [5, 5.41) is 14.3. The van der Waals surface area contributed by atoms with Gasteiger partial charge in [0, 0.05) is 24.2 Å². The molecule has 34 heavy (non-hydrogen) atoms. The second-order valence-corrected chi connectivity index (χ2v) is 11.1. The van der Waals surface area contributed by atoms with Crippen LogP contribution in [0.15, 0.2) is 10.3 Å². The lowest BCUT2D eigenvalue weighted by atomic mass is 10.4. The van der Waals surface area contributed by atoms with Crippen LogP contribution in [-0.4, -0.2) is 65.6 Å². The van der Waals surface area contributed by atoms with Crippen molar-refractivity contribution in [3.05, 3.63) is 0 Å². The van der Waals surface area contributed by atoms with Gasteiger partial charge in [-0.25, -0.2) is 0 Å². The molecule has 0 spiro atoms. The fraction of sp³-hybridized carbons (Fsp3) is 0.727. The summed E-state index contributed by atoms with van der Waals surface area (Å²) < 4.78 is 0. The lowest BCUT2D eigenvalue weighted by Crippen LogP contribution is -2.17. The predicted molar refractivity (Wildman–Crippen MR) is 147 cm³/mol. The Morgan fingerprint density at radius 3 is 0.882 bits per heavy atom. The third-order valence-electron chi connectivity index (χ3n) is 3.45. The van der Waals surface area contributed by atoms with Crippen LogP contribution in [0.1, 0.15) is 69.2 Å². The molecule has 2 rings (SSSR count). The normalized spacial score (nSPS) is 11.0. The van der Waals surface area contributed by atoms with Gasteiger partial charge in [0.15, 0.2) is 10.3 Å². The molecule has 0 aliphatic carbocycles. The van der Waals surface area contributed by atoms with E-state index in [0.29, 0.717) is 48.0 Å². The molecule has 0 saturated heterocycles. The predicted octanol–water partition coefficient (Wildman–Crippen LogP) is 5.25. The monoisotopic (exact) mass is 510 g/mol. The van der Waals surface area contributed by atoms with Crippen molar-refractivity contribution in [2.24, 2.45) is 0 Å². The standard InChI is InChI=1S/2C11H21N5S/c2*1-6-17-11-15-9(12-7(2)3)14-10(16-11)13-8(4)5/h2*7-8H,6H2,1-5H3,(H2,12,13,14,15,16). The first-order valence-corrected chi connectivity index (χ1v) is 13.8. The highest BCUT2D eigenvalue weighted by atomic mass is 32.2. The molecular formula is C22H42N10S2. The summed E-state index contributed by atoms with van der Waals surface area (Å²) in [6, 6.07) is 1.24. The zero-order valence-electron chi connectivity index (χ0n) is 22.2. The summed E-state index contributed by atoms with van der Waals surface area (Å²) in [6.45, 7) is 20.7. The topological polar surface area (TPSA) is 125 Å². The maximum atomic E-state index is 4.36. The van der Waals surface area contributed by atoms with Crippen LogP contribution in [0.25, 0.3) is 0 Å². The van der Waals surface area contributed by atoms with Crippen molar-refractivity contribution in [1.29, 1.82) is 0 Å². The molecule has 0 aliphatic rings. The van der Waals surface area contributed by atoms with Gasteiger partial charge in [0.05, 0.1) is 0 Å². The Labute approximate surface area is 213 Å². The Hall–Kier alpha value is -2.08. The molecule has 0 fully saturated rings. The molecule has 192 valence electrons. The molecule has 0 aliphatic heterocycles. The van der Waals surface area contributed by atoms with Crippen LogP contribution in [0.3, 0.4) is 0 Å². The smallest absolute Gasteiger partial charge is 0.228 e. The first-order valence-electron chi connectivity index (χ1n) is 11.9. The van der Waals surface area contributed by atoms with E-state index in [4.69, 9.17) is 0 Å². The molecule has 0 unspecified atom stereocenters. The molecular weight excluding hydrogens is 468 g/mol. The summed E-state index contributed by atoms with van der Waals surface area (Å²) in [4.78, 5) is 26.1. The van der Waals surface area contributed by atoms with Crippen molar-refractivity contribution in [1.82, 2.24) is 29.9 Å². The average Bonchev–Trinajstić information content (AvgIpc) is 2.66. The molecule has 0 bridgehead atoms. The van der Waals surface area contributed by atoms with Gasteiger partial charge in [-0.2, -0.15) is 29.9 Å². The van der Waals surface area contributed by atoms with E-state index < -0.39 is 0 Å². The molecule has 10 nitrogen and oxygen atoms in total. The highest BCUT2D eigenvalue weighted by molar-refractivity contribution is 7.99. The van der Waals surface area contributed by atoms with E-state index in [1.54, 1.807) is 23.5 Å². The number of nitrogens with one attached hydrogen (secondary N) is 4. The summed E-state index contributed by atoms with van der Waals surface area (Å²) in [7, 11) is 0. The molecule has 0 atom stereocenters. The summed E-state index contributed by atoms with van der Waals surface area (Å²) in [5.41, 5.74) is 0. The number of hydrogen-bond donors (Lipinski definition) is 4. The van der Waals surface area contributed by atoms with Gasteiger partial charge in [0.25, 0.3) is 0 Å². The maximum Gasteiger partial charge on any atom is 0.228 e. The van der Waals surface area contributed by atoms with Crippen LogP contribution in [0.4, 0.5) is 23.8 Å². The minimum absolute atomic E-state index is 0.309. The van der Waals surface area contributed by atoms with E-state index in [9.17, 15) is 0 Å². The number of hydrogen-bond acceptors (Lipinski definition) is 12. The van der Waals surface area contributed by atoms with Gasteiger partial charge in [-0.1, -0.05) is 37.4 Å². The van der Waals surface area contributed by atoms with E-state index in [1.165, 1.54) is 0 Å². The quantitative estimate of drug-likeness (QED) is 0.279. The fourth-order valence-corrected chi connectivity index (χ4v) is 3.51. The SMILES string of the molecule is CCSc1nc(NC(C)C)nc(NC(C)C)n1.CCSc1nc(NC(C)C)nc(NC(C)C)n1. The molecule has 0 saturated carbocycles. The third-order valence-corrected chi connectivity index (χ3v) is 4.91. The third kappa shape index (κ3) is 13.0. The first-order chi connectivity index (χ1) is 16.0. The van der Waals surface area contributed by atoms with Crippen LogP contribution in [0.2, 0.25) is 0 Å². The lowest BCUT2D eigenvalue weighted by Gasteiger charge is -2.12. The Balaban J connectivity index is 0.000000340. The minimum atomic E-state index is 0.309. The highest BCUT2D eigenvalue weighted by Crippen LogP contribution is 2.18. The average molecular weight is 511 g/mol. The molecule has 12 heteroatoms. The molecule has 0 aromatic carbocycles. The zero-order chi connectivity index (χ0) is 25.7. The first kappa shape index (κ1) is 30.0. The number of nitrogens with zero attached hydrogens (tertiary/aromatic N) is 6. The molecule has 0 radical (unpaired) electrons. The largest absolute Gasteiger partial charge is 0.352 e. The van der Waals surface area contributed by atoms with Crippen molar-refractivity contribution in [2.75, 3.05) is 32.8 Å².